The molecule has 10 aromatic rings. The number of benzene rings is 8. The van der Waals surface area contributed by atoms with E-state index in [4.69, 9.17) is 9.97 Å². The van der Waals surface area contributed by atoms with Gasteiger partial charge in [-0.2, -0.15) is 0 Å². The predicted molar refractivity (Wildman–Crippen MR) is 282 cm³/mol. The fourth-order valence-electron chi connectivity index (χ4n) is 8.10. The minimum absolute atomic E-state index is 0.967. The molecule has 0 aliphatic carbocycles. The number of rotatable bonds is 13. The Hall–Kier alpha value is -6.22. The third-order valence-corrected chi connectivity index (χ3v) is 20.3. The minimum Gasteiger partial charge on any atom is -0.247 e. The first-order valence-electron chi connectivity index (χ1n) is 21.4. The summed E-state index contributed by atoms with van der Waals surface area (Å²) in [6.07, 6.45) is 0. The van der Waals surface area contributed by atoms with E-state index < -0.39 is 31.7 Å². The first kappa shape index (κ1) is 41.8. The van der Waals surface area contributed by atoms with E-state index in [9.17, 15) is 0 Å². The Labute approximate surface area is 381 Å². The van der Waals surface area contributed by atoms with Crippen LogP contribution in [-0.2, 0) is 0 Å². The van der Waals surface area contributed by atoms with Crippen molar-refractivity contribution in [2.24, 2.45) is 0 Å². The van der Waals surface area contributed by atoms with Gasteiger partial charge in [0, 0.05) is 37.2 Å². The largest absolute Gasteiger partial charge is 0.247 e. The van der Waals surface area contributed by atoms with Gasteiger partial charge in [-0.3, -0.25) is 0 Å². The maximum atomic E-state index is 5.98. The highest BCUT2D eigenvalue weighted by atomic mass is 31.1. The predicted octanol–water partition coefficient (Wildman–Crippen LogP) is 9.18. The van der Waals surface area contributed by atoms with Crippen LogP contribution in [0.1, 0.15) is 0 Å². The zero-order valence-corrected chi connectivity index (χ0v) is 38.7. The summed E-state index contributed by atoms with van der Waals surface area (Å²) in [6, 6.07) is 97.2. The molecule has 0 unspecified atom stereocenters. The summed E-state index contributed by atoms with van der Waals surface area (Å²) in [5.41, 5.74) is 6.61. The molecule has 0 bridgehead atoms. The summed E-state index contributed by atoms with van der Waals surface area (Å²) in [6.45, 7) is 0. The average Bonchev–Trinajstić information content (AvgIpc) is 3.37. The van der Waals surface area contributed by atoms with Gasteiger partial charge in [0.25, 0.3) is 0 Å². The van der Waals surface area contributed by atoms with Crippen molar-refractivity contribution in [3.8, 4) is 11.1 Å². The summed E-state index contributed by atoms with van der Waals surface area (Å²) in [4.78, 5) is 11.8. The van der Waals surface area contributed by atoms with Crippen LogP contribution < -0.4 is 64.2 Å². The van der Waals surface area contributed by atoms with Crippen molar-refractivity contribution in [1.82, 2.24) is 9.97 Å². The number of nitrogens with zero attached hydrogens (tertiary/aromatic N) is 2. The third-order valence-electron chi connectivity index (χ3n) is 11.0. The highest BCUT2D eigenvalue weighted by Gasteiger charge is 2.29. The van der Waals surface area contributed by atoms with Crippen LogP contribution in [0.2, 0.25) is 0 Å². The molecule has 2 heterocycles. The molecule has 0 saturated carbocycles. The Morgan fingerprint density at radius 3 is 0.750 bits per heavy atom. The summed E-state index contributed by atoms with van der Waals surface area (Å²) >= 11 is 0. The zero-order valence-electron chi connectivity index (χ0n) is 35.1. The Balaban J connectivity index is 1.28. The third kappa shape index (κ3) is 9.21. The van der Waals surface area contributed by atoms with Crippen LogP contribution >= 0.6 is 31.7 Å². The molecule has 0 N–H and O–H groups in total. The molecule has 6 heteroatoms. The van der Waals surface area contributed by atoms with E-state index in [1.165, 1.54) is 42.4 Å². The second-order valence-electron chi connectivity index (χ2n) is 15.1. The van der Waals surface area contributed by atoms with Crippen LogP contribution in [0.4, 0.5) is 0 Å². The van der Waals surface area contributed by atoms with E-state index in [0.29, 0.717) is 0 Å². The quantitative estimate of drug-likeness (QED) is 0.108. The van der Waals surface area contributed by atoms with E-state index in [2.05, 4.69) is 267 Å². The summed E-state index contributed by atoms with van der Waals surface area (Å²) in [7, 11) is -4.14. The SMILES string of the molecule is c1ccc(P(c2ccccc2)c2cc(-c3ccc(P(c4ccccc4)c4ccccc4)nc3P(c3ccccc3)c3ccccc3)cc(P(c3ccccc3)c3ccccc3)n2)cc1. The fourth-order valence-corrected chi connectivity index (χ4v) is 17.3. The van der Waals surface area contributed by atoms with Crippen molar-refractivity contribution >= 4 is 95.9 Å². The lowest BCUT2D eigenvalue weighted by atomic mass is 10.1. The van der Waals surface area contributed by atoms with Crippen molar-refractivity contribution in [2.75, 3.05) is 0 Å². The van der Waals surface area contributed by atoms with E-state index in [-0.39, 0.29) is 0 Å². The standard InChI is InChI=1S/C58H44N2P4/c1-9-25-46(26-10-1)61(47-27-11-2-12-28-47)55-42-41-54(58(60-55)64(52-37-21-7-22-38-52)53-39-23-8-24-40-53)45-43-56(62(48-29-13-3-14-30-48)49-31-15-4-16-32-49)59-57(44-45)63(50-33-17-5-18-34-50)51-35-19-6-20-36-51/h1-44H. The number of hydrogen-bond acceptors (Lipinski definition) is 2. The van der Waals surface area contributed by atoms with E-state index >= 15 is 0 Å². The van der Waals surface area contributed by atoms with Crippen LogP contribution in [0.25, 0.3) is 11.1 Å². The lowest BCUT2D eigenvalue weighted by molar-refractivity contribution is 1.43. The van der Waals surface area contributed by atoms with Gasteiger partial charge in [-0.1, -0.05) is 243 Å². The summed E-state index contributed by atoms with van der Waals surface area (Å²) in [5.74, 6) is 0. The number of aromatic nitrogens is 2. The van der Waals surface area contributed by atoms with Gasteiger partial charge in [0.2, 0.25) is 0 Å². The van der Waals surface area contributed by atoms with Crippen LogP contribution in [0.3, 0.4) is 0 Å². The molecule has 0 radical (unpaired) electrons. The topological polar surface area (TPSA) is 25.8 Å². The van der Waals surface area contributed by atoms with E-state index in [1.54, 1.807) is 0 Å². The smallest absolute Gasteiger partial charge is 0.0806 e. The van der Waals surface area contributed by atoms with Crippen LogP contribution in [0.15, 0.2) is 267 Å². The van der Waals surface area contributed by atoms with Crippen LogP contribution in [0, 0.1) is 0 Å². The molecule has 0 aliphatic rings. The highest BCUT2D eigenvalue weighted by Crippen LogP contribution is 2.41. The van der Waals surface area contributed by atoms with Gasteiger partial charge in [0.05, 0.1) is 21.7 Å². The second-order valence-corrected chi connectivity index (χ2v) is 23.8. The maximum absolute atomic E-state index is 5.98. The highest BCUT2D eigenvalue weighted by molar-refractivity contribution is 7.81. The average molecular weight is 893 g/mol. The fraction of sp³-hybridized carbons (Fsp3) is 0. The van der Waals surface area contributed by atoms with Crippen LogP contribution in [0.5, 0.6) is 0 Å². The Kier molecular flexibility index (Phi) is 13.1. The van der Waals surface area contributed by atoms with Crippen molar-refractivity contribution in [2.45, 2.75) is 0 Å². The first-order chi connectivity index (χ1) is 31.8. The molecule has 0 aliphatic heterocycles. The van der Waals surface area contributed by atoms with Gasteiger partial charge in [-0.25, -0.2) is 9.97 Å². The molecular formula is C58H44N2P4. The molecule has 306 valence electrons. The van der Waals surface area contributed by atoms with Gasteiger partial charge >= 0.3 is 0 Å². The molecule has 10 rings (SSSR count). The lowest BCUT2D eigenvalue weighted by Crippen LogP contribution is -2.33. The zero-order chi connectivity index (χ0) is 42.9. The monoisotopic (exact) mass is 892 g/mol. The Morgan fingerprint density at radius 2 is 0.469 bits per heavy atom. The van der Waals surface area contributed by atoms with E-state index in [0.717, 1.165) is 32.9 Å². The maximum Gasteiger partial charge on any atom is 0.0806 e. The Bertz CT molecular complexity index is 2780. The summed E-state index contributed by atoms with van der Waals surface area (Å²) < 4.78 is 0. The number of hydrogen-bond donors (Lipinski definition) is 0. The molecule has 0 atom stereocenters. The first-order valence-corrected chi connectivity index (χ1v) is 26.8. The minimum atomic E-state index is -1.10. The van der Waals surface area contributed by atoms with Crippen molar-refractivity contribution < 1.29 is 0 Å². The van der Waals surface area contributed by atoms with Gasteiger partial charge in [0.15, 0.2) is 0 Å². The lowest BCUT2D eigenvalue weighted by Gasteiger charge is -2.26. The van der Waals surface area contributed by atoms with Crippen molar-refractivity contribution in [3.63, 3.8) is 0 Å². The molecule has 0 fully saturated rings. The van der Waals surface area contributed by atoms with Gasteiger partial charge < -0.3 is 0 Å². The molecule has 0 saturated heterocycles. The summed E-state index contributed by atoms with van der Waals surface area (Å²) in [5, 5.41) is 10.2. The molecule has 2 nitrogen and oxygen atoms in total. The van der Waals surface area contributed by atoms with Gasteiger partial charge in [0.1, 0.15) is 0 Å². The molecule has 0 spiro atoms. The normalized spacial score (nSPS) is 11.4. The molecule has 8 aromatic carbocycles. The van der Waals surface area contributed by atoms with Crippen molar-refractivity contribution in [3.05, 3.63) is 267 Å². The molecule has 64 heavy (non-hydrogen) atoms. The number of pyridine rings is 2. The van der Waals surface area contributed by atoms with Gasteiger partial charge in [-0.15, -0.1) is 0 Å². The van der Waals surface area contributed by atoms with Crippen LogP contribution in [-0.4, -0.2) is 9.97 Å². The van der Waals surface area contributed by atoms with Gasteiger partial charge in [-0.05, 0) is 72.3 Å². The Morgan fingerprint density at radius 1 is 0.219 bits per heavy atom. The second kappa shape index (κ2) is 20.1. The molecular weight excluding hydrogens is 849 g/mol. The van der Waals surface area contributed by atoms with Crippen molar-refractivity contribution in [1.29, 1.82) is 0 Å². The molecule has 2 aromatic heterocycles. The molecule has 0 amide bonds. The van der Waals surface area contributed by atoms with E-state index in [1.807, 2.05) is 0 Å².